The number of nitrogens with one attached hydrogen (secondary N) is 2. The molecule has 3 unspecified atom stereocenters. The van der Waals surface area contributed by atoms with Crippen molar-refractivity contribution in [3.05, 3.63) is 35.9 Å². The van der Waals surface area contributed by atoms with Crippen LogP contribution in [0.25, 0.3) is 0 Å². The van der Waals surface area contributed by atoms with E-state index in [1.807, 2.05) is 6.07 Å². The maximum absolute atomic E-state index is 12.7. The maximum Gasteiger partial charge on any atom is 0.326 e. The SMILES string of the molecule is CC(C)C(NC(=O)C(N)CCCCN)C(=O)NC(Cc1ccccc1)C(=O)O. The zero-order valence-corrected chi connectivity index (χ0v) is 16.6. The Morgan fingerprint density at radius 1 is 1.04 bits per heavy atom. The number of unbranched alkanes of at least 4 members (excludes halogenated alkanes) is 1. The summed E-state index contributed by atoms with van der Waals surface area (Å²) in [6.45, 7) is 4.08. The molecule has 8 heteroatoms. The fourth-order valence-electron chi connectivity index (χ4n) is 2.75. The highest BCUT2D eigenvalue weighted by Crippen LogP contribution is 2.08. The molecule has 0 radical (unpaired) electrons. The third-order valence-corrected chi connectivity index (χ3v) is 4.45. The molecule has 0 saturated heterocycles. The van der Waals surface area contributed by atoms with Crippen LogP contribution < -0.4 is 22.1 Å². The molecule has 0 heterocycles. The van der Waals surface area contributed by atoms with Gasteiger partial charge in [-0.15, -0.1) is 0 Å². The molecule has 0 spiro atoms. The first-order valence-electron chi connectivity index (χ1n) is 9.59. The lowest BCUT2D eigenvalue weighted by atomic mass is 10.0. The van der Waals surface area contributed by atoms with Gasteiger partial charge in [0.05, 0.1) is 6.04 Å². The highest BCUT2D eigenvalue weighted by molar-refractivity contribution is 5.92. The van der Waals surface area contributed by atoms with Crippen molar-refractivity contribution in [1.29, 1.82) is 0 Å². The smallest absolute Gasteiger partial charge is 0.326 e. The van der Waals surface area contributed by atoms with Gasteiger partial charge in [-0.1, -0.05) is 50.6 Å². The molecule has 0 fully saturated rings. The lowest BCUT2D eigenvalue weighted by Crippen LogP contribution is -2.56. The molecule has 1 aromatic carbocycles. The minimum absolute atomic E-state index is 0.152. The van der Waals surface area contributed by atoms with E-state index in [9.17, 15) is 19.5 Å². The summed E-state index contributed by atoms with van der Waals surface area (Å²) in [4.78, 5) is 36.5. The summed E-state index contributed by atoms with van der Waals surface area (Å²) in [7, 11) is 0. The number of carbonyl (C=O) groups excluding carboxylic acids is 2. The molecular formula is C20H32N4O4. The average molecular weight is 393 g/mol. The number of nitrogens with two attached hydrogens (primary N) is 2. The summed E-state index contributed by atoms with van der Waals surface area (Å²) in [5.41, 5.74) is 12.1. The maximum atomic E-state index is 12.7. The molecule has 28 heavy (non-hydrogen) atoms. The van der Waals surface area contributed by atoms with E-state index in [4.69, 9.17) is 11.5 Å². The quantitative estimate of drug-likeness (QED) is 0.325. The van der Waals surface area contributed by atoms with E-state index >= 15 is 0 Å². The molecule has 0 aliphatic rings. The van der Waals surface area contributed by atoms with Gasteiger partial charge in [-0.3, -0.25) is 9.59 Å². The Balaban J connectivity index is 2.73. The Kier molecular flexibility index (Phi) is 10.2. The largest absolute Gasteiger partial charge is 0.480 e. The summed E-state index contributed by atoms with van der Waals surface area (Å²) in [6, 6.07) is 6.34. The second-order valence-corrected chi connectivity index (χ2v) is 7.21. The number of hydrogen-bond donors (Lipinski definition) is 5. The van der Waals surface area contributed by atoms with Crippen molar-refractivity contribution in [2.24, 2.45) is 17.4 Å². The van der Waals surface area contributed by atoms with Crippen molar-refractivity contribution in [2.45, 2.75) is 57.7 Å². The van der Waals surface area contributed by atoms with E-state index < -0.39 is 35.9 Å². The predicted octanol–water partition coefficient (Wildman–Crippen LogP) is 0.396. The molecular weight excluding hydrogens is 360 g/mol. The number of carboxylic acid groups (broad SMARTS) is 1. The van der Waals surface area contributed by atoms with Crippen LogP contribution >= 0.6 is 0 Å². The van der Waals surface area contributed by atoms with Crippen LogP contribution in [0.1, 0.15) is 38.7 Å². The summed E-state index contributed by atoms with van der Waals surface area (Å²) in [5, 5.41) is 14.6. The minimum Gasteiger partial charge on any atom is -0.480 e. The first-order chi connectivity index (χ1) is 13.3. The Hall–Kier alpha value is -2.45. The molecule has 0 aromatic heterocycles. The Labute approximate surface area is 166 Å². The highest BCUT2D eigenvalue weighted by atomic mass is 16.4. The van der Waals surface area contributed by atoms with Crippen molar-refractivity contribution in [1.82, 2.24) is 10.6 Å². The van der Waals surface area contributed by atoms with E-state index in [0.717, 1.165) is 18.4 Å². The molecule has 0 aliphatic carbocycles. The standard InChI is InChI=1S/C20H32N4O4/c1-13(2)17(24-18(25)15(22)10-6-7-11-21)19(26)23-16(20(27)28)12-14-8-4-3-5-9-14/h3-5,8-9,13,15-17H,6-7,10-12,21-22H2,1-2H3,(H,23,26)(H,24,25)(H,27,28). The molecule has 2 amide bonds. The summed E-state index contributed by atoms with van der Waals surface area (Å²) in [5.74, 6) is -2.34. The summed E-state index contributed by atoms with van der Waals surface area (Å²) >= 11 is 0. The van der Waals surface area contributed by atoms with Gasteiger partial charge in [0, 0.05) is 6.42 Å². The van der Waals surface area contributed by atoms with Gasteiger partial charge in [0.15, 0.2) is 0 Å². The van der Waals surface area contributed by atoms with E-state index in [1.165, 1.54) is 0 Å². The number of rotatable bonds is 12. The Morgan fingerprint density at radius 3 is 2.21 bits per heavy atom. The lowest BCUT2D eigenvalue weighted by molar-refractivity contribution is -0.142. The first-order valence-corrected chi connectivity index (χ1v) is 9.59. The number of amides is 2. The molecule has 8 nitrogen and oxygen atoms in total. The van der Waals surface area contributed by atoms with Crippen molar-refractivity contribution in [2.75, 3.05) is 6.54 Å². The summed E-state index contributed by atoms with van der Waals surface area (Å²) in [6.07, 6.45) is 2.12. The zero-order valence-electron chi connectivity index (χ0n) is 16.6. The third-order valence-electron chi connectivity index (χ3n) is 4.45. The van der Waals surface area contributed by atoms with Crippen LogP contribution in [0, 0.1) is 5.92 Å². The molecule has 1 aromatic rings. The molecule has 3 atom stereocenters. The van der Waals surface area contributed by atoms with Gasteiger partial charge in [0.2, 0.25) is 11.8 Å². The predicted molar refractivity (Wildman–Crippen MR) is 107 cm³/mol. The second kappa shape index (κ2) is 12.1. The van der Waals surface area contributed by atoms with Crippen LogP contribution in [-0.4, -0.2) is 47.6 Å². The van der Waals surface area contributed by atoms with Gasteiger partial charge in [0.1, 0.15) is 12.1 Å². The van der Waals surface area contributed by atoms with Crippen molar-refractivity contribution < 1.29 is 19.5 Å². The van der Waals surface area contributed by atoms with Crippen LogP contribution in [0.3, 0.4) is 0 Å². The molecule has 7 N–H and O–H groups in total. The highest BCUT2D eigenvalue weighted by Gasteiger charge is 2.29. The van der Waals surface area contributed by atoms with E-state index in [-0.39, 0.29) is 12.3 Å². The van der Waals surface area contributed by atoms with Gasteiger partial charge < -0.3 is 27.2 Å². The van der Waals surface area contributed by atoms with Crippen LogP contribution in [0.2, 0.25) is 0 Å². The second-order valence-electron chi connectivity index (χ2n) is 7.21. The van der Waals surface area contributed by atoms with Crippen LogP contribution in [0.15, 0.2) is 30.3 Å². The first kappa shape index (κ1) is 23.6. The number of carboxylic acids is 1. The topological polar surface area (TPSA) is 148 Å². The number of benzene rings is 1. The molecule has 1 rings (SSSR count). The number of aliphatic carboxylic acids is 1. The van der Waals surface area contributed by atoms with Gasteiger partial charge in [-0.25, -0.2) is 4.79 Å². The van der Waals surface area contributed by atoms with Crippen LogP contribution in [0.4, 0.5) is 0 Å². The van der Waals surface area contributed by atoms with Crippen LogP contribution in [0.5, 0.6) is 0 Å². The van der Waals surface area contributed by atoms with Crippen molar-refractivity contribution in [3.8, 4) is 0 Å². The number of hydrogen-bond acceptors (Lipinski definition) is 5. The van der Waals surface area contributed by atoms with Gasteiger partial charge in [-0.05, 0) is 30.9 Å². The van der Waals surface area contributed by atoms with Crippen LogP contribution in [-0.2, 0) is 20.8 Å². The molecule has 156 valence electrons. The average Bonchev–Trinajstić information content (AvgIpc) is 2.65. The van der Waals surface area contributed by atoms with E-state index in [1.54, 1.807) is 38.1 Å². The van der Waals surface area contributed by atoms with Crippen molar-refractivity contribution >= 4 is 17.8 Å². The molecule has 0 saturated carbocycles. The lowest BCUT2D eigenvalue weighted by Gasteiger charge is -2.25. The molecule has 0 bridgehead atoms. The Bertz CT molecular complexity index is 636. The third kappa shape index (κ3) is 8.06. The monoisotopic (exact) mass is 392 g/mol. The summed E-state index contributed by atoms with van der Waals surface area (Å²) < 4.78 is 0. The minimum atomic E-state index is -1.13. The normalized spacial score (nSPS) is 14.2. The number of carbonyl (C=O) groups is 3. The van der Waals surface area contributed by atoms with E-state index in [2.05, 4.69) is 10.6 Å². The Morgan fingerprint density at radius 2 is 1.68 bits per heavy atom. The van der Waals surface area contributed by atoms with Crippen molar-refractivity contribution in [3.63, 3.8) is 0 Å². The fourth-order valence-corrected chi connectivity index (χ4v) is 2.75. The van der Waals surface area contributed by atoms with Gasteiger partial charge in [-0.2, -0.15) is 0 Å². The van der Waals surface area contributed by atoms with Gasteiger partial charge >= 0.3 is 5.97 Å². The molecule has 0 aliphatic heterocycles. The fraction of sp³-hybridized carbons (Fsp3) is 0.550. The van der Waals surface area contributed by atoms with Gasteiger partial charge in [0.25, 0.3) is 0 Å². The zero-order chi connectivity index (χ0) is 21.1. The van der Waals surface area contributed by atoms with E-state index in [0.29, 0.717) is 13.0 Å².